The molecule has 0 fully saturated rings. The Bertz CT molecular complexity index is 309. The van der Waals surface area contributed by atoms with Gasteiger partial charge in [0.2, 0.25) is 0 Å². The van der Waals surface area contributed by atoms with E-state index in [1.165, 1.54) is 11.1 Å². The lowest BCUT2D eigenvalue weighted by molar-refractivity contribution is 0.368. The number of rotatable bonds is 3. The fourth-order valence-electron chi connectivity index (χ4n) is 1.29. The molecule has 1 aromatic rings. The minimum Gasteiger partial charge on any atom is -0.291 e. The molecule has 0 N–H and O–H groups in total. The van der Waals surface area contributed by atoms with E-state index < -0.39 is 0 Å². The summed E-state index contributed by atoms with van der Waals surface area (Å²) >= 11 is 0. The summed E-state index contributed by atoms with van der Waals surface area (Å²) in [7, 11) is 2.03. The number of nitrogens with zero attached hydrogens (tertiary/aromatic N) is 1. The van der Waals surface area contributed by atoms with Crippen molar-refractivity contribution in [2.75, 3.05) is 13.6 Å². The van der Waals surface area contributed by atoms with Gasteiger partial charge in [-0.2, -0.15) is 0 Å². The maximum atomic E-state index is 5.23. The van der Waals surface area contributed by atoms with Crippen molar-refractivity contribution < 1.29 is 0 Å². The molecule has 1 rings (SSSR count). The molecular weight excluding hydrogens is 158 g/mol. The van der Waals surface area contributed by atoms with Crippen LogP contribution in [0.2, 0.25) is 0 Å². The van der Waals surface area contributed by atoms with Crippen molar-refractivity contribution in [2.45, 2.75) is 13.5 Å². The summed E-state index contributed by atoms with van der Waals surface area (Å²) in [5.74, 6) is 2.63. The maximum Gasteiger partial charge on any atom is 0.0599 e. The Labute approximate surface area is 80.4 Å². The Morgan fingerprint density at radius 3 is 2.69 bits per heavy atom. The van der Waals surface area contributed by atoms with Gasteiger partial charge in [-0.1, -0.05) is 30.2 Å². The van der Waals surface area contributed by atoms with Crippen LogP contribution in [-0.4, -0.2) is 18.5 Å². The molecular formula is C12H15N. The van der Waals surface area contributed by atoms with Gasteiger partial charge >= 0.3 is 0 Å². The Morgan fingerprint density at radius 1 is 1.38 bits per heavy atom. The molecule has 0 aromatic heterocycles. The van der Waals surface area contributed by atoms with Gasteiger partial charge in [0.25, 0.3) is 0 Å². The highest BCUT2D eigenvalue weighted by molar-refractivity contribution is 5.25. The second kappa shape index (κ2) is 4.69. The lowest BCUT2D eigenvalue weighted by Gasteiger charge is -2.14. The average molecular weight is 173 g/mol. The van der Waals surface area contributed by atoms with Crippen LogP contribution in [-0.2, 0) is 6.54 Å². The molecule has 0 bridgehead atoms. The van der Waals surface area contributed by atoms with Gasteiger partial charge in [0, 0.05) is 6.54 Å². The lowest BCUT2D eigenvalue weighted by atomic mass is 10.1. The zero-order valence-electron chi connectivity index (χ0n) is 8.25. The number of benzene rings is 1. The van der Waals surface area contributed by atoms with Crippen molar-refractivity contribution in [1.82, 2.24) is 4.90 Å². The Kier molecular flexibility index (Phi) is 3.54. The fraction of sp³-hybridized carbons (Fsp3) is 0.333. The highest BCUT2D eigenvalue weighted by Gasteiger charge is 2.00. The Hall–Kier alpha value is -1.26. The predicted octanol–water partition coefficient (Wildman–Crippen LogP) is 2.06. The van der Waals surface area contributed by atoms with E-state index in [-0.39, 0.29) is 0 Å². The standard InChI is InChI=1S/C12H15N/c1-4-9-13(3)10-12-8-6-5-7-11(12)2/h1,5-8H,9-10H2,2-3H3. The largest absolute Gasteiger partial charge is 0.291 e. The molecule has 13 heavy (non-hydrogen) atoms. The summed E-state index contributed by atoms with van der Waals surface area (Å²) in [6.07, 6.45) is 5.23. The SMILES string of the molecule is C#CCN(C)Cc1ccccc1C. The first-order chi connectivity index (χ1) is 6.24. The van der Waals surface area contributed by atoms with Gasteiger partial charge < -0.3 is 0 Å². The minimum absolute atomic E-state index is 0.703. The van der Waals surface area contributed by atoms with Crippen LogP contribution in [0.3, 0.4) is 0 Å². The second-order valence-electron chi connectivity index (χ2n) is 3.30. The van der Waals surface area contributed by atoms with Crippen molar-refractivity contribution in [3.63, 3.8) is 0 Å². The van der Waals surface area contributed by atoms with E-state index >= 15 is 0 Å². The quantitative estimate of drug-likeness (QED) is 0.632. The van der Waals surface area contributed by atoms with Gasteiger partial charge in [-0.15, -0.1) is 6.42 Å². The average Bonchev–Trinajstić information content (AvgIpc) is 2.09. The molecule has 0 unspecified atom stereocenters. The number of hydrogen-bond donors (Lipinski definition) is 0. The monoisotopic (exact) mass is 173 g/mol. The van der Waals surface area contributed by atoms with Gasteiger partial charge in [-0.3, -0.25) is 4.90 Å². The third-order valence-electron chi connectivity index (χ3n) is 2.06. The van der Waals surface area contributed by atoms with Gasteiger partial charge in [-0.05, 0) is 25.1 Å². The summed E-state index contributed by atoms with van der Waals surface area (Å²) in [4.78, 5) is 2.13. The van der Waals surface area contributed by atoms with Crippen LogP contribution in [0.25, 0.3) is 0 Å². The second-order valence-corrected chi connectivity index (χ2v) is 3.30. The van der Waals surface area contributed by atoms with Gasteiger partial charge in [-0.25, -0.2) is 0 Å². The number of hydrogen-bond acceptors (Lipinski definition) is 1. The Morgan fingerprint density at radius 2 is 2.08 bits per heavy atom. The first-order valence-electron chi connectivity index (χ1n) is 4.40. The van der Waals surface area contributed by atoms with Crippen molar-refractivity contribution in [1.29, 1.82) is 0 Å². The van der Waals surface area contributed by atoms with E-state index in [0.717, 1.165) is 6.54 Å². The lowest BCUT2D eigenvalue weighted by Crippen LogP contribution is -2.18. The normalized spacial score (nSPS) is 10.0. The first-order valence-corrected chi connectivity index (χ1v) is 4.40. The van der Waals surface area contributed by atoms with Gasteiger partial charge in [0.1, 0.15) is 0 Å². The summed E-state index contributed by atoms with van der Waals surface area (Å²) in [5, 5.41) is 0. The molecule has 0 spiro atoms. The molecule has 1 aromatic carbocycles. The van der Waals surface area contributed by atoms with E-state index in [1.807, 2.05) is 7.05 Å². The summed E-state index contributed by atoms with van der Waals surface area (Å²) in [6, 6.07) is 8.38. The van der Waals surface area contributed by atoms with Crippen LogP contribution in [0.4, 0.5) is 0 Å². The minimum atomic E-state index is 0.703. The molecule has 1 heteroatoms. The topological polar surface area (TPSA) is 3.24 Å². The van der Waals surface area contributed by atoms with E-state index in [0.29, 0.717) is 6.54 Å². The smallest absolute Gasteiger partial charge is 0.0599 e. The van der Waals surface area contributed by atoms with Crippen LogP contribution in [0.1, 0.15) is 11.1 Å². The van der Waals surface area contributed by atoms with Crippen molar-refractivity contribution in [3.8, 4) is 12.3 Å². The fourth-order valence-corrected chi connectivity index (χ4v) is 1.29. The molecule has 68 valence electrons. The molecule has 1 nitrogen and oxygen atoms in total. The molecule has 0 radical (unpaired) electrons. The molecule has 0 aliphatic rings. The van der Waals surface area contributed by atoms with Gasteiger partial charge in [0.15, 0.2) is 0 Å². The van der Waals surface area contributed by atoms with E-state index in [1.54, 1.807) is 0 Å². The molecule has 0 saturated heterocycles. The highest BCUT2D eigenvalue weighted by Crippen LogP contribution is 2.08. The summed E-state index contributed by atoms with van der Waals surface area (Å²) in [6.45, 7) is 3.75. The Balaban J connectivity index is 2.64. The van der Waals surface area contributed by atoms with Crippen LogP contribution >= 0.6 is 0 Å². The van der Waals surface area contributed by atoms with E-state index in [9.17, 15) is 0 Å². The highest BCUT2D eigenvalue weighted by atomic mass is 15.1. The van der Waals surface area contributed by atoms with E-state index in [4.69, 9.17) is 6.42 Å². The number of terminal acetylenes is 1. The molecule has 0 heterocycles. The zero-order chi connectivity index (χ0) is 9.68. The zero-order valence-corrected chi connectivity index (χ0v) is 8.25. The summed E-state index contributed by atoms with van der Waals surface area (Å²) in [5.41, 5.74) is 2.67. The molecule has 0 aliphatic heterocycles. The van der Waals surface area contributed by atoms with E-state index in [2.05, 4.69) is 42.0 Å². The first kappa shape index (κ1) is 9.83. The third-order valence-corrected chi connectivity index (χ3v) is 2.06. The molecule has 0 atom stereocenters. The number of aryl methyl sites for hydroxylation is 1. The predicted molar refractivity (Wildman–Crippen MR) is 56.3 cm³/mol. The molecule has 0 aliphatic carbocycles. The van der Waals surface area contributed by atoms with Crippen LogP contribution in [0.15, 0.2) is 24.3 Å². The summed E-state index contributed by atoms with van der Waals surface area (Å²) < 4.78 is 0. The third kappa shape index (κ3) is 2.93. The van der Waals surface area contributed by atoms with Gasteiger partial charge in [0.05, 0.1) is 6.54 Å². The van der Waals surface area contributed by atoms with Crippen molar-refractivity contribution >= 4 is 0 Å². The molecule has 0 saturated carbocycles. The van der Waals surface area contributed by atoms with Crippen LogP contribution in [0.5, 0.6) is 0 Å². The van der Waals surface area contributed by atoms with Crippen LogP contribution < -0.4 is 0 Å². The maximum absolute atomic E-state index is 5.23. The molecule has 0 amide bonds. The van der Waals surface area contributed by atoms with Crippen molar-refractivity contribution in [2.24, 2.45) is 0 Å². The van der Waals surface area contributed by atoms with Crippen molar-refractivity contribution in [3.05, 3.63) is 35.4 Å². The van der Waals surface area contributed by atoms with Crippen LogP contribution in [0, 0.1) is 19.3 Å².